The first-order valence-electron chi connectivity index (χ1n) is 7.49. The second kappa shape index (κ2) is 7.78. The Morgan fingerprint density at radius 1 is 1.39 bits per heavy atom. The Morgan fingerprint density at radius 3 is 2.52 bits per heavy atom. The van der Waals surface area contributed by atoms with Gasteiger partial charge in [-0.2, -0.15) is 0 Å². The first kappa shape index (κ1) is 18.7. The van der Waals surface area contributed by atoms with Crippen molar-refractivity contribution in [2.45, 2.75) is 33.7 Å². The lowest BCUT2D eigenvalue weighted by atomic mass is 9.87. The quantitative estimate of drug-likeness (QED) is 0.312. The molecule has 0 bridgehead atoms. The normalized spacial score (nSPS) is 13.3. The molecule has 0 fully saturated rings. The zero-order valence-electron chi connectivity index (χ0n) is 14.5. The number of hydrazine groups is 1. The van der Waals surface area contributed by atoms with Crippen molar-refractivity contribution in [2.75, 3.05) is 22.6 Å². The molecule has 0 amide bonds. The third-order valence-electron chi connectivity index (χ3n) is 3.89. The zero-order chi connectivity index (χ0) is 17.6. The van der Waals surface area contributed by atoms with Gasteiger partial charge in [0.15, 0.2) is 0 Å². The molecule has 6 nitrogen and oxygen atoms in total. The molecule has 0 radical (unpaired) electrons. The standard InChI is InChI=1S/C17H28N6/c1-12(17(2,3)4)23(19)16-8-7-13(9-15(16)18)22-11-14(21-6)10-20-5/h7-10,12,22H,5-6,11,18-19H2,1-4H3/b14-10-. The van der Waals surface area contributed by atoms with Crippen molar-refractivity contribution in [1.29, 1.82) is 0 Å². The van der Waals surface area contributed by atoms with Gasteiger partial charge < -0.3 is 16.1 Å². The summed E-state index contributed by atoms with van der Waals surface area (Å²) in [6.45, 7) is 15.9. The summed E-state index contributed by atoms with van der Waals surface area (Å²) < 4.78 is 0. The van der Waals surface area contributed by atoms with Crippen LogP contribution in [0.5, 0.6) is 0 Å². The maximum absolute atomic E-state index is 6.24. The number of nitrogens with one attached hydrogen (secondary N) is 1. The van der Waals surface area contributed by atoms with E-state index < -0.39 is 0 Å². The largest absolute Gasteiger partial charge is 0.397 e. The summed E-state index contributed by atoms with van der Waals surface area (Å²) in [4.78, 5) is 7.55. The molecule has 1 atom stereocenters. The molecule has 5 N–H and O–H groups in total. The molecule has 6 heteroatoms. The van der Waals surface area contributed by atoms with E-state index in [0.717, 1.165) is 11.4 Å². The van der Waals surface area contributed by atoms with Gasteiger partial charge in [-0.25, -0.2) is 5.84 Å². The topological polar surface area (TPSA) is 92.0 Å². The molecule has 1 aromatic carbocycles. The summed E-state index contributed by atoms with van der Waals surface area (Å²) in [6.07, 6.45) is 1.56. The Balaban J connectivity index is 2.88. The number of benzene rings is 1. The highest BCUT2D eigenvalue weighted by Crippen LogP contribution is 2.31. The molecule has 1 rings (SSSR count). The van der Waals surface area contributed by atoms with Gasteiger partial charge in [-0.15, -0.1) is 0 Å². The maximum Gasteiger partial charge on any atom is 0.0769 e. The van der Waals surface area contributed by atoms with Crippen LogP contribution in [0, 0.1) is 5.41 Å². The fraction of sp³-hybridized carbons (Fsp3) is 0.412. The van der Waals surface area contributed by atoms with E-state index in [1.807, 2.05) is 18.2 Å². The Labute approximate surface area is 139 Å². The molecule has 0 saturated heterocycles. The van der Waals surface area contributed by atoms with Gasteiger partial charge in [-0.05, 0) is 44.0 Å². The van der Waals surface area contributed by atoms with Gasteiger partial charge in [0.2, 0.25) is 0 Å². The van der Waals surface area contributed by atoms with Gasteiger partial charge in [-0.3, -0.25) is 9.98 Å². The lowest BCUT2D eigenvalue weighted by Gasteiger charge is -2.36. The molecule has 0 aliphatic carbocycles. The molecule has 23 heavy (non-hydrogen) atoms. The predicted molar refractivity (Wildman–Crippen MR) is 102 cm³/mol. The minimum absolute atomic E-state index is 0.0468. The van der Waals surface area contributed by atoms with Crippen molar-refractivity contribution >= 4 is 30.5 Å². The van der Waals surface area contributed by atoms with Crippen molar-refractivity contribution in [3.63, 3.8) is 0 Å². The Morgan fingerprint density at radius 2 is 2.04 bits per heavy atom. The van der Waals surface area contributed by atoms with E-state index in [-0.39, 0.29) is 11.5 Å². The lowest BCUT2D eigenvalue weighted by Crippen LogP contribution is -2.47. The molecule has 0 aromatic heterocycles. The highest BCUT2D eigenvalue weighted by Gasteiger charge is 2.25. The summed E-state index contributed by atoms with van der Waals surface area (Å²) in [5.74, 6) is 6.24. The first-order chi connectivity index (χ1) is 10.7. The van der Waals surface area contributed by atoms with E-state index in [0.29, 0.717) is 17.9 Å². The summed E-state index contributed by atoms with van der Waals surface area (Å²) in [7, 11) is 0. The summed E-state index contributed by atoms with van der Waals surface area (Å²) >= 11 is 0. The number of nitrogens with zero attached hydrogens (tertiary/aromatic N) is 3. The minimum atomic E-state index is 0.0468. The van der Waals surface area contributed by atoms with E-state index in [1.165, 1.54) is 0 Å². The monoisotopic (exact) mass is 316 g/mol. The van der Waals surface area contributed by atoms with Gasteiger partial charge in [-0.1, -0.05) is 20.8 Å². The molecular formula is C17H28N6. The fourth-order valence-electron chi connectivity index (χ4n) is 1.97. The number of aliphatic imine (C=N–C) groups is 2. The third-order valence-corrected chi connectivity index (χ3v) is 3.89. The van der Waals surface area contributed by atoms with Gasteiger partial charge in [0.05, 0.1) is 23.6 Å². The SMILES string of the molecule is C=N/C=C(/CNc1ccc(N(N)C(C)C(C)(C)C)c(N)c1)N=C. The smallest absolute Gasteiger partial charge is 0.0769 e. The van der Waals surface area contributed by atoms with Gasteiger partial charge >= 0.3 is 0 Å². The second-order valence-electron chi connectivity index (χ2n) is 6.54. The minimum Gasteiger partial charge on any atom is -0.397 e. The molecule has 0 saturated carbocycles. The predicted octanol–water partition coefficient (Wildman–Crippen LogP) is 3.04. The van der Waals surface area contributed by atoms with Crippen LogP contribution in [0.4, 0.5) is 17.1 Å². The Kier molecular flexibility index (Phi) is 6.33. The van der Waals surface area contributed by atoms with Crippen LogP contribution in [0.1, 0.15) is 27.7 Å². The Hall–Kier alpha value is -2.34. The molecular weight excluding hydrogens is 288 g/mol. The van der Waals surface area contributed by atoms with Crippen molar-refractivity contribution in [3.8, 4) is 0 Å². The van der Waals surface area contributed by atoms with Crippen molar-refractivity contribution < 1.29 is 0 Å². The highest BCUT2D eigenvalue weighted by molar-refractivity contribution is 5.72. The van der Waals surface area contributed by atoms with Crippen LogP contribution in [0.3, 0.4) is 0 Å². The summed E-state index contributed by atoms with van der Waals surface area (Å²) in [5, 5.41) is 4.94. The van der Waals surface area contributed by atoms with E-state index in [1.54, 1.807) is 11.2 Å². The van der Waals surface area contributed by atoms with Crippen LogP contribution in [0.25, 0.3) is 0 Å². The number of hydrogen-bond donors (Lipinski definition) is 3. The number of hydrogen-bond acceptors (Lipinski definition) is 6. The number of nitrogens with two attached hydrogens (primary N) is 2. The molecule has 1 unspecified atom stereocenters. The van der Waals surface area contributed by atoms with E-state index in [4.69, 9.17) is 11.6 Å². The molecule has 0 aliphatic rings. The van der Waals surface area contributed by atoms with Crippen LogP contribution in [0.2, 0.25) is 0 Å². The van der Waals surface area contributed by atoms with Crippen LogP contribution in [0.15, 0.2) is 40.1 Å². The summed E-state index contributed by atoms with van der Waals surface area (Å²) in [5.41, 5.74) is 9.21. The fourth-order valence-corrected chi connectivity index (χ4v) is 1.97. The molecule has 1 aromatic rings. The van der Waals surface area contributed by atoms with Gasteiger partial charge in [0.25, 0.3) is 0 Å². The van der Waals surface area contributed by atoms with E-state index in [9.17, 15) is 0 Å². The van der Waals surface area contributed by atoms with Gasteiger partial charge in [0.1, 0.15) is 0 Å². The first-order valence-corrected chi connectivity index (χ1v) is 7.49. The maximum atomic E-state index is 6.24. The third kappa shape index (κ3) is 5.10. The Bertz CT molecular complexity index is 585. The second-order valence-corrected chi connectivity index (χ2v) is 6.54. The zero-order valence-corrected chi connectivity index (χ0v) is 14.5. The van der Waals surface area contributed by atoms with E-state index in [2.05, 4.69) is 56.4 Å². The lowest BCUT2D eigenvalue weighted by molar-refractivity contribution is 0.322. The number of anilines is 3. The number of nitrogen functional groups attached to an aromatic ring is 1. The van der Waals surface area contributed by atoms with Crippen LogP contribution >= 0.6 is 0 Å². The van der Waals surface area contributed by atoms with Crippen molar-refractivity contribution in [3.05, 3.63) is 30.1 Å². The molecule has 126 valence electrons. The highest BCUT2D eigenvalue weighted by atomic mass is 15.4. The summed E-state index contributed by atoms with van der Waals surface area (Å²) in [6, 6.07) is 5.84. The van der Waals surface area contributed by atoms with Crippen molar-refractivity contribution in [2.24, 2.45) is 21.2 Å². The molecule has 0 spiro atoms. The van der Waals surface area contributed by atoms with Crippen LogP contribution < -0.4 is 21.9 Å². The van der Waals surface area contributed by atoms with E-state index >= 15 is 0 Å². The van der Waals surface area contributed by atoms with Crippen LogP contribution in [-0.2, 0) is 0 Å². The van der Waals surface area contributed by atoms with Gasteiger partial charge in [0, 0.05) is 17.9 Å². The molecule has 0 aliphatic heterocycles. The average Bonchev–Trinajstić information content (AvgIpc) is 2.49. The van der Waals surface area contributed by atoms with Crippen LogP contribution in [-0.4, -0.2) is 26.0 Å². The van der Waals surface area contributed by atoms with Crippen molar-refractivity contribution in [1.82, 2.24) is 0 Å². The number of rotatable bonds is 7. The average molecular weight is 316 g/mol. The molecule has 0 heterocycles.